The van der Waals surface area contributed by atoms with Crippen LogP contribution in [0.3, 0.4) is 0 Å². The number of hydrogen-bond acceptors (Lipinski definition) is 3. The largest absolute Gasteiger partial charge is 0.306 e. The molecule has 1 saturated carbocycles. The first-order chi connectivity index (χ1) is 10.1. The molecular weight excluding hydrogens is 300 g/mol. The fourth-order valence-corrected chi connectivity index (χ4v) is 4.54. The van der Waals surface area contributed by atoms with Gasteiger partial charge in [0.2, 0.25) is 0 Å². The summed E-state index contributed by atoms with van der Waals surface area (Å²) in [5.74, 6) is 0.656. The number of halogens is 1. The maximum atomic E-state index is 6.04. The van der Waals surface area contributed by atoms with E-state index >= 15 is 0 Å². The normalized spacial score (nSPS) is 17.5. The van der Waals surface area contributed by atoms with Crippen molar-refractivity contribution < 1.29 is 0 Å². The van der Waals surface area contributed by atoms with Gasteiger partial charge in [0.15, 0.2) is 0 Å². The summed E-state index contributed by atoms with van der Waals surface area (Å²) in [5, 5.41) is 6.39. The lowest BCUT2D eigenvalue weighted by atomic mass is 9.84. The van der Waals surface area contributed by atoms with Gasteiger partial charge in [-0.05, 0) is 55.8 Å². The van der Waals surface area contributed by atoms with Crippen LogP contribution in [-0.4, -0.2) is 12.0 Å². The molecule has 2 heterocycles. The third-order valence-electron chi connectivity index (χ3n) is 4.28. The van der Waals surface area contributed by atoms with E-state index in [1.807, 2.05) is 19.3 Å². The summed E-state index contributed by atoms with van der Waals surface area (Å²) in [5.41, 5.74) is 3.33. The Kier molecular flexibility index (Phi) is 3.91. The molecule has 3 rings (SSSR count). The molecule has 1 aliphatic rings. The highest BCUT2D eigenvalue weighted by molar-refractivity contribution is 7.10. The lowest BCUT2D eigenvalue weighted by molar-refractivity contribution is 0.381. The van der Waals surface area contributed by atoms with Gasteiger partial charge >= 0.3 is 0 Å². The van der Waals surface area contributed by atoms with Gasteiger partial charge in [0.05, 0.1) is 10.6 Å². The minimum atomic E-state index is -0.0884. The van der Waals surface area contributed by atoms with Crippen molar-refractivity contribution in [1.29, 1.82) is 0 Å². The van der Waals surface area contributed by atoms with Gasteiger partial charge in [0.25, 0.3) is 0 Å². The molecule has 1 unspecified atom stereocenters. The molecule has 0 aromatic carbocycles. The van der Waals surface area contributed by atoms with E-state index in [-0.39, 0.29) is 5.54 Å². The molecule has 1 aliphatic carbocycles. The van der Waals surface area contributed by atoms with E-state index in [9.17, 15) is 0 Å². The van der Waals surface area contributed by atoms with Crippen molar-refractivity contribution in [2.45, 2.75) is 25.3 Å². The first-order valence-electron chi connectivity index (χ1n) is 7.12. The van der Waals surface area contributed by atoms with E-state index < -0.39 is 0 Å². The average molecular weight is 319 g/mol. The minimum absolute atomic E-state index is 0.0884. The number of rotatable bonds is 5. The Bertz CT molecular complexity index is 675. The van der Waals surface area contributed by atoms with Crippen LogP contribution in [0, 0.1) is 5.92 Å². The second-order valence-corrected chi connectivity index (χ2v) is 7.05. The van der Waals surface area contributed by atoms with E-state index in [0.29, 0.717) is 10.9 Å². The SMILES string of the molecule is C=C(C)C(NC)(c1cc(-c2cncc(Cl)c2)cs1)C1CC1. The highest BCUT2D eigenvalue weighted by atomic mass is 35.5. The van der Waals surface area contributed by atoms with Crippen LogP contribution < -0.4 is 5.32 Å². The van der Waals surface area contributed by atoms with Gasteiger partial charge in [0, 0.05) is 22.8 Å². The molecule has 2 nitrogen and oxygen atoms in total. The Hall–Kier alpha value is -1.16. The first-order valence-corrected chi connectivity index (χ1v) is 8.38. The highest BCUT2D eigenvalue weighted by Crippen LogP contribution is 2.51. The zero-order chi connectivity index (χ0) is 15.0. The average Bonchev–Trinajstić information content (AvgIpc) is 3.17. The van der Waals surface area contributed by atoms with E-state index in [4.69, 9.17) is 11.6 Å². The van der Waals surface area contributed by atoms with E-state index in [1.54, 1.807) is 17.5 Å². The Morgan fingerprint density at radius 3 is 2.71 bits per heavy atom. The van der Waals surface area contributed by atoms with Gasteiger partial charge < -0.3 is 5.32 Å². The summed E-state index contributed by atoms with van der Waals surface area (Å²) < 4.78 is 0. The standard InChI is InChI=1S/C17H19ClN2S/c1-11(2)17(19-3,14-4-5-14)16-7-13(10-21-16)12-6-15(18)9-20-8-12/h6-10,14,19H,1,4-5H2,2-3H3. The predicted molar refractivity (Wildman–Crippen MR) is 90.8 cm³/mol. The fourth-order valence-electron chi connectivity index (χ4n) is 3.08. The Morgan fingerprint density at radius 2 is 2.14 bits per heavy atom. The van der Waals surface area contributed by atoms with Crippen LogP contribution in [0.1, 0.15) is 24.6 Å². The number of thiophene rings is 1. The van der Waals surface area contributed by atoms with E-state index in [2.05, 4.69) is 35.2 Å². The topological polar surface area (TPSA) is 24.9 Å². The highest BCUT2D eigenvalue weighted by Gasteiger charge is 2.47. The zero-order valence-corrected chi connectivity index (χ0v) is 13.9. The molecule has 2 aromatic rings. The van der Waals surface area contributed by atoms with Crippen LogP contribution >= 0.6 is 22.9 Å². The number of pyridine rings is 1. The minimum Gasteiger partial charge on any atom is -0.306 e. The summed E-state index contributed by atoms with van der Waals surface area (Å²) in [6, 6.07) is 4.21. The van der Waals surface area contributed by atoms with E-state index in [0.717, 1.165) is 5.56 Å². The zero-order valence-electron chi connectivity index (χ0n) is 12.3. The number of nitrogens with zero attached hydrogens (tertiary/aromatic N) is 1. The molecule has 0 bridgehead atoms. The van der Waals surface area contributed by atoms with Crippen LogP contribution in [0.2, 0.25) is 5.02 Å². The smallest absolute Gasteiger partial charge is 0.0764 e. The second-order valence-electron chi connectivity index (χ2n) is 5.70. The van der Waals surface area contributed by atoms with Crippen molar-refractivity contribution in [3.8, 4) is 11.1 Å². The van der Waals surface area contributed by atoms with Gasteiger partial charge in [-0.25, -0.2) is 0 Å². The summed E-state index contributed by atoms with van der Waals surface area (Å²) >= 11 is 7.83. The van der Waals surface area contributed by atoms with Crippen LogP contribution in [0.5, 0.6) is 0 Å². The Morgan fingerprint density at radius 1 is 1.38 bits per heavy atom. The van der Waals surface area contributed by atoms with Crippen molar-refractivity contribution in [1.82, 2.24) is 10.3 Å². The summed E-state index contributed by atoms with van der Waals surface area (Å²) in [6.45, 7) is 6.36. The molecule has 0 aliphatic heterocycles. The van der Waals surface area contributed by atoms with Gasteiger partial charge in [-0.3, -0.25) is 4.98 Å². The number of aromatic nitrogens is 1. The maximum absolute atomic E-state index is 6.04. The number of nitrogens with one attached hydrogen (secondary N) is 1. The molecule has 0 spiro atoms. The van der Waals surface area contributed by atoms with Crippen molar-refractivity contribution in [2.75, 3.05) is 7.05 Å². The van der Waals surface area contributed by atoms with Crippen LogP contribution in [-0.2, 0) is 5.54 Å². The quantitative estimate of drug-likeness (QED) is 0.796. The van der Waals surface area contributed by atoms with Crippen LogP contribution in [0.25, 0.3) is 11.1 Å². The van der Waals surface area contributed by atoms with Gasteiger partial charge in [0.1, 0.15) is 0 Å². The van der Waals surface area contributed by atoms with Gasteiger partial charge in [-0.1, -0.05) is 23.8 Å². The molecule has 4 heteroatoms. The molecule has 1 fully saturated rings. The van der Waals surface area contributed by atoms with Gasteiger partial charge in [-0.15, -0.1) is 11.3 Å². The summed E-state index contributed by atoms with van der Waals surface area (Å²) in [7, 11) is 2.04. The first kappa shape index (κ1) is 14.8. The summed E-state index contributed by atoms with van der Waals surface area (Å²) in [6.07, 6.45) is 6.05. The van der Waals surface area contributed by atoms with Gasteiger partial charge in [-0.2, -0.15) is 0 Å². The molecule has 1 N–H and O–H groups in total. The molecular formula is C17H19ClN2S. The lowest BCUT2D eigenvalue weighted by Gasteiger charge is -2.34. The van der Waals surface area contributed by atoms with Crippen molar-refractivity contribution in [2.24, 2.45) is 5.92 Å². The monoisotopic (exact) mass is 318 g/mol. The van der Waals surface area contributed by atoms with Crippen LogP contribution in [0.15, 0.2) is 42.1 Å². The maximum Gasteiger partial charge on any atom is 0.0764 e. The predicted octanol–water partition coefficient (Wildman–Crippen LogP) is 4.86. The second kappa shape index (κ2) is 5.56. The molecule has 0 radical (unpaired) electrons. The van der Waals surface area contributed by atoms with Crippen molar-refractivity contribution in [3.05, 3.63) is 52.0 Å². The Balaban J connectivity index is 2.02. The molecule has 21 heavy (non-hydrogen) atoms. The van der Waals surface area contributed by atoms with E-state index in [1.165, 1.54) is 28.9 Å². The lowest BCUT2D eigenvalue weighted by Crippen LogP contribution is -2.42. The Labute approximate surface area is 134 Å². The molecule has 2 aromatic heterocycles. The third kappa shape index (κ3) is 2.54. The van der Waals surface area contributed by atoms with Crippen LogP contribution in [0.4, 0.5) is 0 Å². The van der Waals surface area contributed by atoms with Crippen molar-refractivity contribution >= 4 is 22.9 Å². The molecule has 1 atom stereocenters. The number of hydrogen-bond donors (Lipinski definition) is 1. The van der Waals surface area contributed by atoms with Crippen molar-refractivity contribution in [3.63, 3.8) is 0 Å². The fraction of sp³-hybridized carbons (Fsp3) is 0.353. The summed E-state index contributed by atoms with van der Waals surface area (Å²) in [4.78, 5) is 5.50. The number of likely N-dealkylation sites (N-methyl/N-ethyl adjacent to an activating group) is 1. The molecule has 0 saturated heterocycles. The molecule has 110 valence electrons. The molecule has 0 amide bonds. The third-order valence-corrected chi connectivity index (χ3v) is 5.56.